The minimum atomic E-state index is -0.643. The lowest BCUT2D eigenvalue weighted by atomic mass is 10.1. The van der Waals surface area contributed by atoms with E-state index in [4.69, 9.17) is 28.5 Å². The Balaban J connectivity index is 2.26. The zero-order valence-electron chi connectivity index (χ0n) is 9.95. The van der Waals surface area contributed by atoms with Gasteiger partial charge in [0.15, 0.2) is 0 Å². The third kappa shape index (κ3) is 3.08. The lowest BCUT2D eigenvalue weighted by Gasteiger charge is -2.07. The van der Waals surface area contributed by atoms with Gasteiger partial charge in [0.05, 0.1) is 16.1 Å². The molecular formula is C14H7Cl2FN2O. The Bertz CT molecular complexity index is 726. The van der Waals surface area contributed by atoms with Gasteiger partial charge in [-0.2, -0.15) is 5.26 Å². The van der Waals surface area contributed by atoms with Crippen LogP contribution in [-0.2, 0) is 0 Å². The number of hydrogen-bond acceptors (Lipinski definition) is 2. The zero-order valence-corrected chi connectivity index (χ0v) is 11.5. The first-order valence-corrected chi connectivity index (χ1v) is 6.23. The van der Waals surface area contributed by atoms with E-state index in [9.17, 15) is 9.18 Å². The Hall–Kier alpha value is -2.09. The summed E-state index contributed by atoms with van der Waals surface area (Å²) in [7, 11) is 0. The molecule has 3 nitrogen and oxygen atoms in total. The summed E-state index contributed by atoms with van der Waals surface area (Å²) in [5.74, 6) is -1.11. The third-order valence-electron chi connectivity index (χ3n) is 2.52. The molecule has 0 atom stereocenters. The normalized spacial score (nSPS) is 9.90. The van der Waals surface area contributed by atoms with Gasteiger partial charge in [0.1, 0.15) is 11.9 Å². The van der Waals surface area contributed by atoms with E-state index in [1.165, 1.54) is 30.3 Å². The molecule has 0 spiro atoms. The van der Waals surface area contributed by atoms with Crippen molar-refractivity contribution >= 4 is 34.8 Å². The summed E-state index contributed by atoms with van der Waals surface area (Å²) in [6, 6.07) is 9.88. The average Bonchev–Trinajstić information content (AvgIpc) is 2.40. The number of nitrogens with zero attached hydrogens (tertiary/aromatic N) is 1. The van der Waals surface area contributed by atoms with Gasteiger partial charge in [0, 0.05) is 10.7 Å². The lowest BCUT2D eigenvalue weighted by Crippen LogP contribution is -2.12. The van der Waals surface area contributed by atoms with Gasteiger partial charge in [-0.1, -0.05) is 23.2 Å². The number of anilines is 1. The van der Waals surface area contributed by atoms with E-state index in [0.717, 1.165) is 6.07 Å². The highest BCUT2D eigenvalue weighted by Crippen LogP contribution is 2.22. The fourth-order valence-corrected chi connectivity index (χ4v) is 2.06. The van der Waals surface area contributed by atoms with E-state index >= 15 is 0 Å². The topological polar surface area (TPSA) is 52.9 Å². The van der Waals surface area contributed by atoms with Crippen LogP contribution >= 0.6 is 23.2 Å². The summed E-state index contributed by atoms with van der Waals surface area (Å²) >= 11 is 11.7. The van der Waals surface area contributed by atoms with Crippen molar-refractivity contribution in [2.75, 3.05) is 5.32 Å². The maximum atomic E-state index is 13.2. The van der Waals surface area contributed by atoms with Crippen LogP contribution in [-0.4, -0.2) is 5.91 Å². The van der Waals surface area contributed by atoms with E-state index < -0.39 is 11.7 Å². The predicted molar refractivity (Wildman–Crippen MR) is 75.5 cm³/mol. The molecule has 2 aromatic carbocycles. The predicted octanol–water partition coefficient (Wildman–Crippen LogP) is 4.26. The van der Waals surface area contributed by atoms with Crippen LogP contribution < -0.4 is 5.32 Å². The van der Waals surface area contributed by atoms with Crippen molar-refractivity contribution in [2.24, 2.45) is 0 Å². The van der Waals surface area contributed by atoms with E-state index in [-0.39, 0.29) is 16.1 Å². The number of carbonyl (C=O) groups excluding carboxylic acids is 1. The second-order valence-electron chi connectivity index (χ2n) is 3.88. The van der Waals surface area contributed by atoms with Crippen LogP contribution in [0.5, 0.6) is 0 Å². The molecule has 0 aliphatic rings. The second kappa shape index (κ2) is 5.91. The molecule has 0 bridgehead atoms. The molecule has 0 heterocycles. The number of nitriles is 1. The minimum absolute atomic E-state index is 0.148. The molecular weight excluding hydrogens is 302 g/mol. The van der Waals surface area contributed by atoms with Crippen molar-refractivity contribution in [3.8, 4) is 6.07 Å². The van der Waals surface area contributed by atoms with Crippen molar-refractivity contribution in [3.05, 3.63) is 63.4 Å². The van der Waals surface area contributed by atoms with Gasteiger partial charge in [0.25, 0.3) is 5.91 Å². The first-order valence-electron chi connectivity index (χ1n) is 5.47. The number of carbonyl (C=O) groups is 1. The quantitative estimate of drug-likeness (QED) is 0.901. The largest absolute Gasteiger partial charge is 0.322 e. The standard InChI is InChI=1S/C14H7Cl2FN2O/c15-9-1-3-11(12(16)6-9)14(20)19-10-2-4-13(17)8(5-10)7-18/h1-6H,(H,19,20). The molecule has 0 unspecified atom stereocenters. The van der Waals surface area contributed by atoms with E-state index in [1.807, 2.05) is 0 Å². The highest BCUT2D eigenvalue weighted by Gasteiger charge is 2.12. The maximum Gasteiger partial charge on any atom is 0.257 e. The number of benzene rings is 2. The smallest absolute Gasteiger partial charge is 0.257 e. The van der Waals surface area contributed by atoms with Crippen LogP contribution in [0.1, 0.15) is 15.9 Å². The maximum absolute atomic E-state index is 13.2. The number of nitrogens with one attached hydrogen (secondary N) is 1. The van der Waals surface area contributed by atoms with Gasteiger partial charge in [-0.05, 0) is 36.4 Å². The molecule has 20 heavy (non-hydrogen) atoms. The average molecular weight is 309 g/mol. The highest BCUT2D eigenvalue weighted by molar-refractivity contribution is 6.37. The molecule has 0 saturated carbocycles. The Morgan fingerprint density at radius 2 is 1.95 bits per heavy atom. The Morgan fingerprint density at radius 1 is 1.20 bits per heavy atom. The van der Waals surface area contributed by atoms with Crippen molar-refractivity contribution in [1.29, 1.82) is 5.26 Å². The number of amides is 1. The number of halogens is 3. The van der Waals surface area contributed by atoms with Gasteiger partial charge < -0.3 is 5.32 Å². The Kier molecular flexibility index (Phi) is 4.23. The van der Waals surface area contributed by atoms with Crippen molar-refractivity contribution < 1.29 is 9.18 Å². The van der Waals surface area contributed by atoms with Crippen molar-refractivity contribution in [2.45, 2.75) is 0 Å². The summed E-state index contributed by atoms with van der Waals surface area (Å²) < 4.78 is 13.2. The molecule has 0 aromatic heterocycles. The fourth-order valence-electron chi connectivity index (χ4n) is 1.56. The first-order chi connectivity index (χ1) is 9.51. The molecule has 0 aliphatic heterocycles. The first kappa shape index (κ1) is 14.3. The number of rotatable bonds is 2. The molecule has 2 aromatic rings. The van der Waals surface area contributed by atoms with Gasteiger partial charge in [-0.15, -0.1) is 0 Å². The van der Waals surface area contributed by atoms with Crippen LogP contribution in [0.25, 0.3) is 0 Å². The van der Waals surface area contributed by atoms with Crippen LogP contribution in [0.15, 0.2) is 36.4 Å². The van der Waals surface area contributed by atoms with Gasteiger partial charge in [-0.3, -0.25) is 4.79 Å². The van der Waals surface area contributed by atoms with Gasteiger partial charge in [0.2, 0.25) is 0 Å². The summed E-state index contributed by atoms with van der Waals surface area (Å²) in [4.78, 5) is 12.0. The monoisotopic (exact) mass is 308 g/mol. The summed E-state index contributed by atoms with van der Waals surface area (Å²) in [6.07, 6.45) is 0. The molecule has 0 saturated heterocycles. The molecule has 1 amide bonds. The molecule has 2 rings (SSSR count). The molecule has 1 N–H and O–H groups in total. The summed E-state index contributed by atoms with van der Waals surface area (Å²) in [6.45, 7) is 0. The molecule has 6 heteroatoms. The third-order valence-corrected chi connectivity index (χ3v) is 3.07. The Labute approximate surface area is 124 Å². The van der Waals surface area contributed by atoms with Crippen LogP contribution in [0.3, 0.4) is 0 Å². The van der Waals surface area contributed by atoms with Crippen LogP contribution in [0, 0.1) is 17.1 Å². The van der Waals surface area contributed by atoms with Crippen LogP contribution in [0.2, 0.25) is 10.0 Å². The Morgan fingerprint density at radius 3 is 2.60 bits per heavy atom. The second-order valence-corrected chi connectivity index (χ2v) is 4.73. The SMILES string of the molecule is N#Cc1cc(NC(=O)c2ccc(Cl)cc2Cl)ccc1F. The van der Waals surface area contributed by atoms with Gasteiger partial charge >= 0.3 is 0 Å². The zero-order chi connectivity index (χ0) is 14.7. The van der Waals surface area contributed by atoms with E-state index in [1.54, 1.807) is 6.07 Å². The van der Waals surface area contributed by atoms with Gasteiger partial charge in [-0.25, -0.2) is 4.39 Å². The minimum Gasteiger partial charge on any atom is -0.322 e. The highest BCUT2D eigenvalue weighted by atomic mass is 35.5. The summed E-state index contributed by atoms with van der Waals surface area (Å²) in [5, 5.41) is 11.9. The lowest BCUT2D eigenvalue weighted by molar-refractivity contribution is 0.102. The van der Waals surface area contributed by atoms with E-state index in [2.05, 4.69) is 5.32 Å². The van der Waals surface area contributed by atoms with Crippen molar-refractivity contribution in [1.82, 2.24) is 0 Å². The molecule has 100 valence electrons. The fraction of sp³-hybridized carbons (Fsp3) is 0. The van der Waals surface area contributed by atoms with Crippen molar-refractivity contribution in [3.63, 3.8) is 0 Å². The number of hydrogen-bond donors (Lipinski definition) is 1. The molecule has 0 radical (unpaired) electrons. The summed E-state index contributed by atoms with van der Waals surface area (Å²) in [5.41, 5.74) is 0.392. The molecule has 0 fully saturated rings. The van der Waals surface area contributed by atoms with Crippen LogP contribution in [0.4, 0.5) is 10.1 Å². The molecule has 0 aliphatic carbocycles. The van der Waals surface area contributed by atoms with E-state index in [0.29, 0.717) is 10.7 Å².